The van der Waals surface area contributed by atoms with Gasteiger partial charge in [0.15, 0.2) is 4.80 Å². The average molecular weight is 398 g/mol. The number of ether oxygens (including phenoxy) is 2. The summed E-state index contributed by atoms with van der Waals surface area (Å²) < 4.78 is 12.1. The molecular weight excluding hydrogens is 374 g/mol. The van der Waals surface area contributed by atoms with Crippen LogP contribution in [0.5, 0.6) is 5.75 Å². The quantitative estimate of drug-likeness (QED) is 0.608. The highest BCUT2D eigenvalue weighted by atomic mass is 32.1. The lowest BCUT2D eigenvalue weighted by atomic mass is 10.1. The summed E-state index contributed by atoms with van der Waals surface area (Å²) in [5, 5.41) is 4.83. The molecule has 3 aromatic rings. The number of carbonyl (C=O) groups excluding carboxylic acids is 1. The van der Waals surface area contributed by atoms with Crippen LogP contribution in [0.1, 0.15) is 6.42 Å². The molecule has 0 aliphatic heterocycles. The Kier molecular flexibility index (Phi) is 6.86. The predicted molar refractivity (Wildman–Crippen MR) is 111 cm³/mol. The molecule has 0 spiro atoms. The van der Waals surface area contributed by atoms with Crippen molar-refractivity contribution in [2.24, 2.45) is 4.99 Å². The summed E-state index contributed by atoms with van der Waals surface area (Å²) in [7, 11) is 3.02. The van der Waals surface area contributed by atoms with Crippen LogP contribution in [-0.4, -0.2) is 31.4 Å². The van der Waals surface area contributed by atoms with Gasteiger partial charge in [-0.2, -0.15) is 0 Å². The smallest absolute Gasteiger partial charge is 0.406 e. The fourth-order valence-corrected chi connectivity index (χ4v) is 3.70. The van der Waals surface area contributed by atoms with E-state index in [1.165, 1.54) is 7.11 Å². The molecule has 0 bridgehead atoms. The molecule has 0 atom stereocenters. The van der Waals surface area contributed by atoms with Crippen LogP contribution in [0, 0.1) is 0 Å². The molecule has 0 aliphatic carbocycles. The Labute approximate surface area is 168 Å². The molecule has 0 unspecified atom stereocenters. The first-order chi connectivity index (χ1) is 13.7. The number of nitrogens with zero attached hydrogens (tertiary/aromatic N) is 2. The Morgan fingerprint density at radius 1 is 1.11 bits per heavy atom. The third kappa shape index (κ3) is 5.01. The molecule has 3 rings (SSSR count). The van der Waals surface area contributed by atoms with Crippen molar-refractivity contribution in [3.63, 3.8) is 0 Å². The van der Waals surface area contributed by atoms with Gasteiger partial charge in [0.1, 0.15) is 5.75 Å². The average Bonchev–Trinajstić information content (AvgIpc) is 3.14. The molecule has 0 saturated carbocycles. The minimum absolute atomic E-state index is 0.417. The molecule has 2 aromatic carbocycles. The largest absolute Gasteiger partial charge is 0.497 e. The van der Waals surface area contributed by atoms with Gasteiger partial charge in [0.25, 0.3) is 0 Å². The summed E-state index contributed by atoms with van der Waals surface area (Å²) in [5.74, 6) is 0.821. The predicted octanol–water partition coefficient (Wildman–Crippen LogP) is 4.20. The van der Waals surface area contributed by atoms with Gasteiger partial charge in [0.2, 0.25) is 0 Å². The molecular formula is C21H23N3O3S. The Hall–Kier alpha value is -3.06. The van der Waals surface area contributed by atoms with Crippen molar-refractivity contribution < 1.29 is 14.3 Å². The van der Waals surface area contributed by atoms with E-state index in [0.717, 1.165) is 40.5 Å². The number of methoxy groups -OCH3 is 2. The Morgan fingerprint density at radius 3 is 2.54 bits per heavy atom. The normalized spacial score (nSPS) is 11.3. The van der Waals surface area contributed by atoms with Gasteiger partial charge >= 0.3 is 6.09 Å². The molecule has 6 nitrogen and oxygen atoms in total. The number of rotatable bonds is 7. The first-order valence-corrected chi connectivity index (χ1v) is 9.83. The minimum Gasteiger partial charge on any atom is -0.497 e. The van der Waals surface area contributed by atoms with E-state index >= 15 is 0 Å². The van der Waals surface area contributed by atoms with E-state index in [1.54, 1.807) is 18.4 Å². The molecule has 146 valence electrons. The lowest BCUT2D eigenvalue weighted by Gasteiger charge is -2.10. The number of hydrogen-bond acceptors (Lipinski definition) is 5. The second-order valence-electron chi connectivity index (χ2n) is 6.00. The standard InChI is InChI=1S/C21H23N3O3S/c1-26-18-11-9-16(10-12-18)19-15-28-20(23-17-7-4-3-5-8-17)24(19)14-6-13-22-21(25)27-2/h3-5,7-12,15H,6,13-14H2,1-2H3,(H,22,25). The van der Waals surface area contributed by atoms with Gasteiger partial charge in [-0.05, 0) is 48.4 Å². The number of para-hydroxylation sites is 1. The van der Waals surface area contributed by atoms with Gasteiger partial charge in [-0.1, -0.05) is 18.2 Å². The van der Waals surface area contributed by atoms with E-state index in [1.807, 2.05) is 54.6 Å². The van der Waals surface area contributed by atoms with E-state index in [0.29, 0.717) is 6.54 Å². The molecule has 28 heavy (non-hydrogen) atoms. The highest BCUT2D eigenvalue weighted by Crippen LogP contribution is 2.23. The molecule has 0 radical (unpaired) electrons. The number of aromatic nitrogens is 1. The summed E-state index contributed by atoms with van der Waals surface area (Å²) in [6.07, 6.45) is 0.344. The molecule has 1 aromatic heterocycles. The number of carbonyl (C=O) groups is 1. The Balaban J connectivity index is 1.90. The van der Waals surface area contributed by atoms with Crippen LogP contribution in [0.4, 0.5) is 10.5 Å². The maximum atomic E-state index is 11.3. The van der Waals surface area contributed by atoms with Crippen molar-refractivity contribution in [1.29, 1.82) is 0 Å². The second kappa shape index (κ2) is 9.75. The van der Waals surface area contributed by atoms with Crippen LogP contribution < -0.4 is 14.9 Å². The van der Waals surface area contributed by atoms with Crippen molar-refractivity contribution in [2.75, 3.05) is 20.8 Å². The molecule has 1 amide bonds. The lowest BCUT2D eigenvalue weighted by molar-refractivity contribution is 0.171. The fourth-order valence-electron chi connectivity index (χ4n) is 2.74. The maximum Gasteiger partial charge on any atom is 0.406 e. The van der Waals surface area contributed by atoms with E-state index in [4.69, 9.17) is 9.73 Å². The first kappa shape index (κ1) is 19.7. The summed E-state index contributed by atoms with van der Waals surface area (Å²) in [4.78, 5) is 17.0. The van der Waals surface area contributed by atoms with Crippen LogP contribution in [0.25, 0.3) is 11.3 Å². The van der Waals surface area contributed by atoms with Crippen LogP contribution in [0.3, 0.4) is 0 Å². The lowest BCUT2D eigenvalue weighted by Crippen LogP contribution is -2.26. The summed E-state index contributed by atoms with van der Waals surface area (Å²) >= 11 is 1.60. The molecule has 1 heterocycles. The van der Waals surface area contributed by atoms with Crippen molar-refractivity contribution >= 4 is 23.1 Å². The zero-order valence-electron chi connectivity index (χ0n) is 15.9. The number of nitrogens with one attached hydrogen (secondary N) is 1. The van der Waals surface area contributed by atoms with E-state index in [-0.39, 0.29) is 0 Å². The summed E-state index contributed by atoms with van der Waals surface area (Å²) in [6, 6.07) is 17.9. The van der Waals surface area contributed by atoms with Crippen molar-refractivity contribution in [1.82, 2.24) is 9.88 Å². The molecule has 0 saturated heterocycles. The van der Waals surface area contributed by atoms with Gasteiger partial charge in [-0.25, -0.2) is 9.79 Å². The number of amides is 1. The summed E-state index contributed by atoms with van der Waals surface area (Å²) in [6.45, 7) is 1.25. The minimum atomic E-state index is -0.417. The van der Waals surface area contributed by atoms with Crippen molar-refractivity contribution in [3.05, 3.63) is 64.8 Å². The SMILES string of the molecule is COC(=O)NCCCn1c(-c2ccc(OC)cc2)csc1=Nc1ccccc1. The van der Waals surface area contributed by atoms with Crippen molar-refractivity contribution in [2.45, 2.75) is 13.0 Å². The Bertz CT molecular complexity index is 963. The highest BCUT2D eigenvalue weighted by Gasteiger charge is 2.09. The van der Waals surface area contributed by atoms with Gasteiger partial charge in [0.05, 0.1) is 25.6 Å². The van der Waals surface area contributed by atoms with Gasteiger partial charge in [-0.15, -0.1) is 11.3 Å². The fraction of sp³-hybridized carbons (Fsp3) is 0.238. The molecule has 7 heteroatoms. The molecule has 0 fully saturated rings. The third-order valence-electron chi connectivity index (χ3n) is 4.18. The van der Waals surface area contributed by atoms with Gasteiger partial charge in [-0.3, -0.25) is 0 Å². The third-order valence-corrected chi connectivity index (χ3v) is 5.04. The topological polar surface area (TPSA) is 64.8 Å². The zero-order chi connectivity index (χ0) is 19.8. The van der Waals surface area contributed by atoms with Crippen molar-refractivity contribution in [3.8, 4) is 17.0 Å². The number of benzene rings is 2. The van der Waals surface area contributed by atoms with Gasteiger partial charge in [0, 0.05) is 18.5 Å². The monoisotopic (exact) mass is 397 g/mol. The van der Waals surface area contributed by atoms with Crippen LogP contribution in [0.2, 0.25) is 0 Å². The Morgan fingerprint density at radius 2 is 1.86 bits per heavy atom. The van der Waals surface area contributed by atoms with E-state index in [2.05, 4.69) is 20.0 Å². The van der Waals surface area contributed by atoms with E-state index < -0.39 is 6.09 Å². The van der Waals surface area contributed by atoms with Crippen LogP contribution >= 0.6 is 11.3 Å². The van der Waals surface area contributed by atoms with Gasteiger partial charge < -0.3 is 19.4 Å². The number of hydrogen-bond donors (Lipinski definition) is 1. The number of thiazole rings is 1. The first-order valence-electron chi connectivity index (χ1n) is 8.95. The number of alkyl carbamates (subject to hydrolysis) is 1. The summed E-state index contributed by atoms with van der Waals surface area (Å²) in [5.41, 5.74) is 3.08. The maximum absolute atomic E-state index is 11.3. The highest BCUT2D eigenvalue weighted by molar-refractivity contribution is 7.07. The van der Waals surface area contributed by atoms with E-state index in [9.17, 15) is 4.79 Å². The van der Waals surface area contributed by atoms with Crippen LogP contribution in [0.15, 0.2) is 65.0 Å². The zero-order valence-corrected chi connectivity index (χ0v) is 16.7. The second-order valence-corrected chi connectivity index (χ2v) is 6.84. The van der Waals surface area contributed by atoms with Crippen LogP contribution in [-0.2, 0) is 11.3 Å². The molecule has 0 aliphatic rings. The molecule has 1 N–H and O–H groups in total.